The van der Waals surface area contributed by atoms with E-state index in [1.165, 1.54) is 6.42 Å². The quantitative estimate of drug-likeness (QED) is 0.630. The zero-order valence-electron chi connectivity index (χ0n) is 11.1. The predicted octanol–water partition coefficient (Wildman–Crippen LogP) is 1.78. The summed E-state index contributed by atoms with van der Waals surface area (Å²) >= 11 is 0. The van der Waals surface area contributed by atoms with Gasteiger partial charge in [-0.05, 0) is 24.3 Å². The average Bonchev–Trinajstić information content (AvgIpc) is 2.39. The standard InChI is InChI=1S/C13H21N5/c1-3-13(2)5-8-18(9-6-13)12-10(11(14)15)4-7-16-17-12/h4,7H,3,5-6,8-9H2,1-2H3,(H3,14,15). The SMILES string of the molecule is CCC1(C)CCN(c2nnccc2C(=N)N)CC1. The van der Waals surface area contributed by atoms with Crippen molar-refractivity contribution >= 4 is 11.7 Å². The minimum Gasteiger partial charge on any atom is -0.384 e. The van der Waals surface area contributed by atoms with Crippen molar-refractivity contribution in [3.63, 3.8) is 0 Å². The van der Waals surface area contributed by atoms with E-state index in [-0.39, 0.29) is 5.84 Å². The van der Waals surface area contributed by atoms with Crippen molar-refractivity contribution in [2.45, 2.75) is 33.1 Å². The second-order valence-electron chi connectivity index (χ2n) is 5.33. The summed E-state index contributed by atoms with van der Waals surface area (Å²) in [7, 11) is 0. The van der Waals surface area contributed by atoms with Gasteiger partial charge in [0.15, 0.2) is 5.82 Å². The number of hydrogen-bond donors (Lipinski definition) is 2. The molecule has 1 saturated heterocycles. The number of nitrogens with two attached hydrogens (primary N) is 1. The van der Waals surface area contributed by atoms with E-state index in [1.54, 1.807) is 12.3 Å². The first-order valence-electron chi connectivity index (χ1n) is 6.47. The fraction of sp³-hybridized carbons (Fsp3) is 0.615. The van der Waals surface area contributed by atoms with Crippen LogP contribution in [0.4, 0.5) is 5.82 Å². The maximum absolute atomic E-state index is 7.59. The molecule has 1 aliphatic rings. The van der Waals surface area contributed by atoms with Crippen molar-refractivity contribution in [3.8, 4) is 0 Å². The Hall–Kier alpha value is -1.65. The van der Waals surface area contributed by atoms with Crippen LogP contribution in [-0.4, -0.2) is 29.1 Å². The van der Waals surface area contributed by atoms with Gasteiger partial charge in [-0.15, -0.1) is 5.10 Å². The molecule has 1 aromatic heterocycles. The molecule has 98 valence electrons. The fourth-order valence-corrected chi connectivity index (χ4v) is 2.38. The molecule has 0 aromatic carbocycles. The maximum atomic E-state index is 7.59. The number of anilines is 1. The van der Waals surface area contributed by atoms with Gasteiger partial charge in [0.2, 0.25) is 0 Å². The van der Waals surface area contributed by atoms with Crippen LogP contribution < -0.4 is 10.6 Å². The summed E-state index contributed by atoms with van der Waals surface area (Å²) in [6.07, 6.45) is 5.09. The van der Waals surface area contributed by atoms with E-state index in [4.69, 9.17) is 11.1 Å². The zero-order valence-corrected chi connectivity index (χ0v) is 11.1. The third-order valence-electron chi connectivity index (χ3n) is 4.12. The van der Waals surface area contributed by atoms with E-state index >= 15 is 0 Å². The van der Waals surface area contributed by atoms with Gasteiger partial charge in [0.25, 0.3) is 0 Å². The van der Waals surface area contributed by atoms with Gasteiger partial charge in [-0.1, -0.05) is 20.3 Å². The van der Waals surface area contributed by atoms with Gasteiger partial charge >= 0.3 is 0 Å². The molecule has 18 heavy (non-hydrogen) atoms. The summed E-state index contributed by atoms with van der Waals surface area (Å²) < 4.78 is 0. The van der Waals surface area contributed by atoms with E-state index in [2.05, 4.69) is 28.9 Å². The Morgan fingerprint density at radius 2 is 2.17 bits per heavy atom. The first kappa shape index (κ1) is 12.8. The number of nitrogen functional groups attached to an aromatic ring is 1. The maximum Gasteiger partial charge on any atom is 0.162 e. The number of aromatic nitrogens is 2. The van der Waals surface area contributed by atoms with Gasteiger partial charge in [-0.3, -0.25) is 5.41 Å². The van der Waals surface area contributed by atoms with Crippen LogP contribution >= 0.6 is 0 Å². The molecule has 0 unspecified atom stereocenters. The minimum atomic E-state index is 0.0590. The molecule has 0 atom stereocenters. The number of piperidine rings is 1. The summed E-state index contributed by atoms with van der Waals surface area (Å²) in [5, 5.41) is 15.7. The monoisotopic (exact) mass is 247 g/mol. The highest BCUT2D eigenvalue weighted by molar-refractivity contribution is 5.99. The van der Waals surface area contributed by atoms with Crippen LogP contribution in [0.15, 0.2) is 12.3 Å². The molecule has 0 radical (unpaired) electrons. The normalized spacial score (nSPS) is 18.7. The van der Waals surface area contributed by atoms with Crippen LogP contribution in [0, 0.1) is 10.8 Å². The molecule has 2 rings (SSSR count). The Kier molecular flexibility index (Phi) is 3.50. The highest BCUT2D eigenvalue weighted by Gasteiger charge is 2.29. The summed E-state index contributed by atoms with van der Waals surface area (Å²) in [5.74, 6) is 0.812. The van der Waals surface area contributed by atoms with Crippen LogP contribution in [-0.2, 0) is 0 Å². The summed E-state index contributed by atoms with van der Waals surface area (Å²) in [6.45, 7) is 6.51. The van der Waals surface area contributed by atoms with Gasteiger partial charge in [0.1, 0.15) is 5.84 Å². The lowest BCUT2D eigenvalue weighted by Gasteiger charge is -2.39. The number of nitrogens with zero attached hydrogens (tertiary/aromatic N) is 3. The van der Waals surface area contributed by atoms with Crippen molar-refractivity contribution in [1.82, 2.24) is 10.2 Å². The van der Waals surface area contributed by atoms with E-state index in [0.29, 0.717) is 11.0 Å². The van der Waals surface area contributed by atoms with E-state index < -0.39 is 0 Å². The first-order chi connectivity index (χ1) is 8.56. The molecule has 1 aliphatic heterocycles. The largest absolute Gasteiger partial charge is 0.384 e. The van der Waals surface area contributed by atoms with Crippen molar-refractivity contribution in [1.29, 1.82) is 5.41 Å². The lowest BCUT2D eigenvalue weighted by atomic mass is 9.78. The van der Waals surface area contributed by atoms with Crippen LogP contribution in [0.1, 0.15) is 38.7 Å². The van der Waals surface area contributed by atoms with Crippen molar-refractivity contribution in [3.05, 3.63) is 17.8 Å². The lowest BCUT2D eigenvalue weighted by molar-refractivity contribution is 0.237. The molecular weight excluding hydrogens is 226 g/mol. The smallest absolute Gasteiger partial charge is 0.162 e. The molecule has 0 saturated carbocycles. The van der Waals surface area contributed by atoms with Crippen molar-refractivity contribution in [2.24, 2.45) is 11.1 Å². The second kappa shape index (κ2) is 4.92. The molecule has 0 bridgehead atoms. The Labute approximate surface area is 108 Å². The molecule has 0 aliphatic carbocycles. The Morgan fingerprint density at radius 1 is 1.50 bits per heavy atom. The number of amidine groups is 1. The third-order valence-corrected chi connectivity index (χ3v) is 4.12. The van der Waals surface area contributed by atoms with E-state index in [9.17, 15) is 0 Å². The molecule has 2 heterocycles. The average molecular weight is 247 g/mol. The lowest BCUT2D eigenvalue weighted by Crippen LogP contribution is -2.40. The van der Waals surface area contributed by atoms with E-state index in [1.807, 2.05) is 0 Å². The molecule has 3 N–H and O–H groups in total. The van der Waals surface area contributed by atoms with Gasteiger partial charge in [-0.25, -0.2) is 0 Å². The molecular formula is C13H21N5. The third kappa shape index (κ3) is 2.44. The van der Waals surface area contributed by atoms with Gasteiger partial charge in [0, 0.05) is 13.1 Å². The van der Waals surface area contributed by atoms with Gasteiger partial charge < -0.3 is 10.6 Å². The highest BCUT2D eigenvalue weighted by atomic mass is 15.3. The molecule has 1 aromatic rings. The Morgan fingerprint density at radius 3 is 2.72 bits per heavy atom. The van der Waals surface area contributed by atoms with Crippen LogP contribution in [0.2, 0.25) is 0 Å². The predicted molar refractivity (Wildman–Crippen MR) is 72.9 cm³/mol. The van der Waals surface area contributed by atoms with Crippen LogP contribution in [0.25, 0.3) is 0 Å². The number of hydrogen-bond acceptors (Lipinski definition) is 4. The van der Waals surface area contributed by atoms with Gasteiger partial charge in [0.05, 0.1) is 11.8 Å². The van der Waals surface area contributed by atoms with Crippen molar-refractivity contribution < 1.29 is 0 Å². The second-order valence-corrected chi connectivity index (χ2v) is 5.33. The summed E-state index contributed by atoms with van der Waals surface area (Å²) in [4.78, 5) is 2.20. The molecule has 0 amide bonds. The van der Waals surface area contributed by atoms with Crippen molar-refractivity contribution in [2.75, 3.05) is 18.0 Å². The van der Waals surface area contributed by atoms with Gasteiger partial charge in [-0.2, -0.15) is 5.10 Å². The molecule has 5 heteroatoms. The van der Waals surface area contributed by atoms with Crippen LogP contribution in [0.5, 0.6) is 0 Å². The summed E-state index contributed by atoms with van der Waals surface area (Å²) in [6, 6.07) is 1.76. The topological polar surface area (TPSA) is 78.9 Å². The molecule has 5 nitrogen and oxygen atoms in total. The Bertz CT molecular complexity index is 435. The Balaban J connectivity index is 2.17. The minimum absolute atomic E-state index is 0.0590. The highest BCUT2D eigenvalue weighted by Crippen LogP contribution is 2.35. The zero-order chi connectivity index (χ0) is 13.2. The number of nitrogens with one attached hydrogen (secondary N) is 1. The molecule has 0 spiro atoms. The number of rotatable bonds is 3. The molecule has 1 fully saturated rings. The summed E-state index contributed by atoms with van der Waals surface area (Å²) in [5.41, 5.74) is 6.71. The first-order valence-corrected chi connectivity index (χ1v) is 6.47. The van der Waals surface area contributed by atoms with E-state index in [0.717, 1.165) is 31.7 Å². The van der Waals surface area contributed by atoms with Crippen LogP contribution in [0.3, 0.4) is 0 Å². The fourth-order valence-electron chi connectivity index (χ4n) is 2.38.